The van der Waals surface area contributed by atoms with Gasteiger partial charge in [-0.2, -0.15) is 0 Å². The van der Waals surface area contributed by atoms with E-state index >= 15 is 0 Å². The third-order valence-corrected chi connectivity index (χ3v) is 3.71. The van der Waals surface area contributed by atoms with Crippen molar-refractivity contribution < 1.29 is 4.52 Å². The van der Waals surface area contributed by atoms with Crippen molar-refractivity contribution in [3.63, 3.8) is 0 Å². The Morgan fingerprint density at radius 2 is 2.21 bits per heavy atom. The van der Waals surface area contributed by atoms with Crippen molar-refractivity contribution in [2.75, 3.05) is 0 Å². The zero-order valence-electron chi connectivity index (χ0n) is 11.0. The summed E-state index contributed by atoms with van der Waals surface area (Å²) in [5.74, 6) is 0.829. The Morgan fingerprint density at radius 1 is 1.42 bits per heavy atom. The van der Waals surface area contributed by atoms with Gasteiger partial charge < -0.3 is 14.1 Å². The van der Waals surface area contributed by atoms with Crippen molar-refractivity contribution >= 4 is 23.3 Å². The summed E-state index contributed by atoms with van der Waals surface area (Å²) in [6.07, 6.45) is 3.54. The maximum atomic E-state index is 5.42. The Hall–Kier alpha value is -1.95. The van der Waals surface area contributed by atoms with Crippen LogP contribution in [0.4, 0.5) is 0 Å². The summed E-state index contributed by atoms with van der Waals surface area (Å²) in [5.41, 5.74) is 3.95. The summed E-state index contributed by atoms with van der Waals surface area (Å²) in [7, 11) is 0. The highest BCUT2D eigenvalue weighted by atomic mass is 32.1. The summed E-state index contributed by atoms with van der Waals surface area (Å²) in [6.45, 7) is 5.96. The molecule has 1 atom stereocenters. The van der Waals surface area contributed by atoms with Gasteiger partial charge in [0.25, 0.3) is 0 Å². The first kappa shape index (κ1) is 12.1. The summed E-state index contributed by atoms with van der Waals surface area (Å²) in [6, 6.07) is 2.02. The van der Waals surface area contributed by atoms with Gasteiger partial charge in [0.15, 0.2) is 4.77 Å². The molecule has 1 unspecified atom stereocenters. The van der Waals surface area contributed by atoms with E-state index in [4.69, 9.17) is 16.7 Å². The molecular formula is C13H14N4OS. The number of hydrogen-bond acceptors (Lipinski definition) is 4. The molecule has 3 heterocycles. The molecule has 0 saturated carbocycles. The molecule has 3 aromatic rings. The first-order valence-electron chi connectivity index (χ1n) is 6.06. The molecular weight excluding hydrogens is 260 g/mol. The number of nitrogens with one attached hydrogen (secondary N) is 1. The van der Waals surface area contributed by atoms with Gasteiger partial charge >= 0.3 is 0 Å². The van der Waals surface area contributed by atoms with Crippen LogP contribution < -0.4 is 0 Å². The van der Waals surface area contributed by atoms with Crippen molar-refractivity contribution in [3.8, 4) is 0 Å². The van der Waals surface area contributed by atoms with Gasteiger partial charge in [0.1, 0.15) is 5.76 Å². The van der Waals surface area contributed by atoms with Gasteiger partial charge in [-0.3, -0.25) is 4.98 Å². The average Bonchev–Trinajstić information content (AvgIpc) is 2.88. The molecule has 3 rings (SSSR count). The van der Waals surface area contributed by atoms with Crippen LogP contribution in [0.15, 0.2) is 23.0 Å². The van der Waals surface area contributed by atoms with Gasteiger partial charge in [0.05, 0.1) is 29.0 Å². The predicted octanol–water partition coefficient (Wildman–Crippen LogP) is 3.31. The average molecular weight is 274 g/mol. The van der Waals surface area contributed by atoms with Crippen molar-refractivity contribution in [1.82, 2.24) is 19.7 Å². The van der Waals surface area contributed by atoms with Gasteiger partial charge in [0.2, 0.25) is 0 Å². The fourth-order valence-corrected chi connectivity index (χ4v) is 2.94. The fraction of sp³-hybridized carbons (Fsp3) is 0.308. The molecule has 0 aromatic carbocycles. The number of aromatic nitrogens is 4. The lowest BCUT2D eigenvalue weighted by Gasteiger charge is -2.14. The third kappa shape index (κ3) is 1.79. The summed E-state index contributed by atoms with van der Waals surface area (Å²) < 4.78 is 7.99. The van der Waals surface area contributed by atoms with Crippen molar-refractivity contribution in [2.24, 2.45) is 0 Å². The lowest BCUT2D eigenvalue weighted by molar-refractivity contribution is 0.391. The largest absolute Gasteiger partial charge is 0.361 e. The maximum absolute atomic E-state index is 5.42. The molecule has 0 aliphatic carbocycles. The molecule has 5 nitrogen and oxygen atoms in total. The minimum atomic E-state index is 0.0647. The minimum absolute atomic E-state index is 0.0647. The van der Waals surface area contributed by atoms with Crippen LogP contribution in [-0.4, -0.2) is 19.7 Å². The molecule has 3 aromatic heterocycles. The first-order chi connectivity index (χ1) is 9.09. The van der Waals surface area contributed by atoms with E-state index in [0.29, 0.717) is 4.77 Å². The van der Waals surface area contributed by atoms with E-state index in [1.54, 1.807) is 12.4 Å². The van der Waals surface area contributed by atoms with Crippen LogP contribution in [0.5, 0.6) is 0 Å². The molecule has 0 aliphatic rings. The number of pyridine rings is 1. The molecule has 0 aliphatic heterocycles. The van der Waals surface area contributed by atoms with Crippen molar-refractivity contribution in [3.05, 3.63) is 40.2 Å². The van der Waals surface area contributed by atoms with Gasteiger partial charge in [-0.15, -0.1) is 0 Å². The molecule has 1 N–H and O–H groups in total. The number of hydrogen-bond donors (Lipinski definition) is 1. The number of aromatic amines is 1. The van der Waals surface area contributed by atoms with Crippen LogP contribution in [0.3, 0.4) is 0 Å². The first-order valence-corrected chi connectivity index (χ1v) is 6.47. The van der Waals surface area contributed by atoms with Gasteiger partial charge in [0, 0.05) is 11.8 Å². The van der Waals surface area contributed by atoms with Crippen LogP contribution in [0.2, 0.25) is 0 Å². The van der Waals surface area contributed by atoms with E-state index < -0.39 is 0 Å². The fourth-order valence-electron chi connectivity index (χ4n) is 2.58. The van der Waals surface area contributed by atoms with E-state index in [1.165, 1.54) is 0 Å². The SMILES string of the molecule is Cc1noc(C)c1C(C)n1c(=S)[nH]c2cnccc21. The molecule has 0 fully saturated rings. The molecule has 0 amide bonds. The van der Waals surface area contributed by atoms with Crippen LogP contribution in [0.1, 0.15) is 30.0 Å². The van der Waals surface area contributed by atoms with Crippen molar-refractivity contribution in [1.29, 1.82) is 0 Å². The van der Waals surface area contributed by atoms with E-state index in [-0.39, 0.29) is 6.04 Å². The number of nitrogens with zero attached hydrogens (tertiary/aromatic N) is 3. The Kier molecular flexibility index (Phi) is 2.74. The van der Waals surface area contributed by atoms with Crippen molar-refractivity contribution in [2.45, 2.75) is 26.8 Å². The quantitative estimate of drug-likeness (QED) is 0.728. The van der Waals surface area contributed by atoms with Gasteiger partial charge in [-0.05, 0) is 39.1 Å². The normalized spacial score (nSPS) is 13.0. The highest BCUT2D eigenvalue weighted by Gasteiger charge is 2.20. The summed E-state index contributed by atoms with van der Waals surface area (Å²) >= 11 is 5.42. The summed E-state index contributed by atoms with van der Waals surface area (Å²) in [4.78, 5) is 7.28. The predicted molar refractivity (Wildman–Crippen MR) is 74.7 cm³/mol. The molecule has 0 saturated heterocycles. The number of imidazole rings is 1. The van der Waals surface area contributed by atoms with E-state index in [1.807, 2.05) is 19.9 Å². The van der Waals surface area contributed by atoms with Gasteiger partial charge in [-0.1, -0.05) is 5.16 Å². The zero-order valence-corrected chi connectivity index (χ0v) is 11.8. The van der Waals surface area contributed by atoms with E-state index in [2.05, 4.69) is 26.6 Å². The minimum Gasteiger partial charge on any atom is -0.361 e. The van der Waals surface area contributed by atoms with E-state index in [9.17, 15) is 0 Å². The lowest BCUT2D eigenvalue weighted by atomic mass is 10.1. The number of H-pyrrole nitrogens is 1. The monoisotopic (exact) mass is 274 g/mol. The lowest BCUT2D eigenvalue weighted by Crippen LogP contribution is -2.08. The Labute approximate surface area is 115 Å². The molecule has 0 radical (unpaired) electrons. The topological polar surface area (TPSA) is 59.6 Å². The van der Waals surface area contributed by atoms with E-state index in [0.717, 1.165) is 28.1 Å². The molecule has 98 valence electrons. The second-order valence-electron chi connectivity index (χ2n) is 4.61. The third-order valence-electron chi connectivity index (χ3n) is 3.41. The molecule has 0 spiro atoms. The smallest absolute Gasteiger partial charge is 0.178 e. The second-order valence-corrected chi connectivity index (χ2v) is 4.99. The van der Waals surface area contributed by atoms with Gasteiger partial charge in [-0.25, -0.2) is 0 Å². The van der Waals surface area contributed by atoms with Crippen LogP contribution in [0, 0.1) is 18.6 Å². The number of aryl methyl sites for hydroxylation is 2. The Morgan fingerprint density at radius 3 is 2.89 bits per heavy atom. The van der Waals surface area contributed by atoms with Crippen LogP contribution in [0.25, 0.3) is 11.0 Å². The maximum Gasteiger partial charge on any atom is 0.178 e. The standard InChI is InChI=1S/C13H14N4OS/c1-7-12(9(3)18-16-7)8(2)17-11-4-5-14-6-10(11)15-13(17)19/h4-6,8H,1-3H3,(H,15,19). The Balaban J connectivity index is 2.25. The zero-order chi connectivity index (χ0) is 13.6. The Bertz CT molecular complexity index is 779. The molecule has 6 heteroatoms. The number of fused-ring (bicyclic) bond motifs is 1. The van der Waals surface area contributed by atoms with Crippen LogP contribution in [-0.2, 0) is 0 Å². The highest BCUT2D eigenvalue weighted by molar-refractivity contribution is 7.71. The number of rotatable bonds is 2. The second kappa shape index (κ2) is 4.31. The molecule has 19 heavy (non-hydrogen) atoms. The van der Waals surface area contributed by atoms with Crippen LogP contribution >= 0.6 is 12.2 Å². The highest BCUT2D eigenvalue weighted by Crippen LogP contribution is 2.28. The summed E-state index contributed by atoms with van der Waals surface area (Å²) in [5, 5.41) is 4.01. The molecule has 0 bridgehead atoms.